The third-order valence-corrected chi connectivity index (χ3v) is 2.51. The van der Waals surface area contributed by atoms with E-state index >= 15 is 0 Å². The molecule has 0 aliphatic rings. The molecule has 0 unspecified atom stereocenters. The number of nitrogens with one attached hydrogen (secondary N) is 1. The zero-order valence-corrected chi connectivity index (χ0v) is 11.0. The lowest BCUT2D eigenvalue weighted by molar-refractivity contribution is -0.131. The number of ether oxygens (including phenoxy) is 1. The minimum absolute atomic E-state index is 0.564. The molecule has 4 nitrogen and oxygen atoms in total. The second-order valence-corrected chi connectivity index (χ2v) is 4.23. The van der Waals surface area contributed by atoms with Crippen LogP contribution in [0.25, 0.3) is 0 Å². The van der Waals surface area contributed by atoms with Crippen molar-refractivity contribution in [1.29, 1.82) is 0 Å². The van der Waals surface area contributed by atoms with Crippen molar-refractivity contribution in [3.63, 3.8) is 0 Å². The summed E-state index contributed by atoms with van der Waals surface area (Å²) in [6.45, 7) is 1.70. The number of rotatable bonds is 5. The average Bonchev–Trinajstić information content (AvgIpc) is 2.41. The summed E-state index contributed by atoms with van der Waals surface area (Å²) < 4.78 is 5.67. The number of para-hydroxylation sites is 1. The molecule has 0 saturated carbocycles. The molecule has 0 aliphatic carbocycles. The van der Waals surface area contributed by atoms with Crippen LogP contribution in [-0.2, 0) is 4.79 Å². The van der Waals surface area contributed by atoms with Crippen LogP contribution in [0.5, 0.6) is 11.5 Å². The highest BCUT2D eigenvalue weighted by molar-refractivity contribution is 5.81. The van der Waals surface area contributed by atoms with Crippen LogP contribution in [0.4, 0.5) is 5.69 Å². The summed E-state index contributed by atoms with van der Waals surface area (Å²) in [7, 11) is 0. The van der Waals surface area contributed by atoms with Crippen molar-refractivity contribution in [3.8, 4) is 11.5 Å². The Morgan fingerprint density at radius 1 is 1.05 bits per heavy atom. The SMILES string of the molecule is C/C(=C/C(=O)O)Nc1ccc(Oc2ccccc2)cc1. The molecule has 0 spiro atoms. The van der Waals surface area contributed by atoms with Crippen LogP contribution in [-0.4, -0.2) is 11.1 Å². The third kappa shape index (κ3) is 4.17. The van der Waals surface area contributed by atoms with Crippen molar-refractivity contribution in [1.82, 2.24) is 0 Å². The molecule has 2 N–H and O–H groups in total. The van der Waals surface area contributed by atoms with Crippen molar-refractivity contribution in [3.05, 3.63) is 66.4 Å². The quantitative estimate of drug-likeness (QED) is 0.809. The van der Waals surface area contributed by atoms with Gasteiger partial charge in [0.25, 0.3) is 0 Å². The molecular formula is C16H15NO3. The zero-order valence-electron chi connectivity index (χ0n) is 11.0. The fourth-order valence-corrected chi connectivity index (χ4v) is 1.68. The standard InChI is InChI=1S/C16H15NO3/c1-12(11-16(18)19)17-13-7-9-15(10-8-13)20-14-5-3-2-4-6-14/h2-11,17H,1H3,(H,18,19)/b12-11-. The van der Waals surface area contributed by atoms with Gasteiger partial charge in [-0.05, 0) is 43.3 Å². The lowest BCUT2D eigenvalue weighted by Gasteiger charge is -2.08. The molecule has 0 amide bonds. The van der Waals surface area contributed by atoms with Gasteiger partial charge in [-0.15, -0.1) is 0 Å². The summed E-state index contributed by atoms with van der Waals surface area (Å²) in [5.74, 6) is 0.524. The number of hydrogen-bond donors (Lipinski definition) is 2. The van der Waals surface area contributed by atoms with Crippen LogP contribution >= 0.6 is 0 Å². The maximum atomic E-state index is 10.5. The van der Waals surface area contributed by atoms with Gasteiger partial charge in [0.05, 0.1) is 0 Å². The fraction of sp³-hybridized carbons (Fsp3) is 0.0625. The summed E-state index contributed by atoms with van der Waals surface area (Å²) >= 11 is 0. The summed E-state index contributed by atoms with van der Waals surface area (Å²) in [4.78, 5) is 10.5. The largest absolute Gasteiger partial charge is 0.478 e. The average molecular weight is 269 g/mol. The molecule has 0 radical (unpaired) electrons. The molecular weight excluding hydrogens is 254 g/mol. The van der Waals surface area contributed by atoms with E-state index in [9.17, 15) is 4.79 Å². The Kier molecular flexibility index (Phi) is 4.39. The molecule has 0 fully saturated rings. The molecule has 0 aromatic heterocycles. The Hall–Kier alpha value is -2.75. The molecule has 2 aromatic rings. The minimum Gasteiger partial charge on any atom is -0.478 e. The van der Waals surface area contributed by atoms with Crippen LogP contribution in [0, 0.1) is 0 Å². The number of carboxylic acid groups (broad SMARTS) is 1. The molecule has 0 saturated heterocycles. The van der Waals surface area contributed by atoms with Crippen LogP contribution in [0.3, 0.4) is 0 Å². The molecule has 2 rings (SSSR count). The van der Waals surface area contributed by atoms with E-state index < -0.39 is 5.97 Å². The molecule has 0 heterocycles. The molecule has 0 atom stereocenters. The molecule has 0 bridgehead atoms. The van der Waals surface area contributed by atoms with Gasteiger partial charge in [-0.2, -0.15) is 0 Å². The Morgan fingerprint density at radius 2 is 1.65 bits per heavy atom. The van der Waals surface area contributed by atoms with Crippen molar-refractivity contribution >= 4 is 11.7 Å². The molecule has 20 heavy (non-hydrogen) atoms. The van der Waals surface area contributed by atoms with E-state index in [1.54, 1.807) is 6.92 Å². The van der Waals surface area contributed by atoms with Crippen molar-refractivity contribution in [2.75, 3.05) is 5.32 Å². The first-order valence-corrected chi connectivity index (χ1v) is 6.15. The molecule has 2 aromatic carbocycles. The second kappa shape index (κ2) is 6.43. The second-order valence-electron chi connectivity index (χ2n) is 4.23. The number of aliphatic carboxylic acids is 1. The van der Waals surface area contributed by atoms with Crippen LogP contribution in [0.2, 0.25) is 0 Å². The first-order chi connectivity index (χ1) is 9.63. The number of carbonyl (C=O) groups is 1. The van der Waals surface area contributed by atoms with Gasteiger partial charge in [-0.3, -0.25) is 0 Å². The van der Waals surface area contributed by atoms with Gasteiger partial charge < -0.3 is 15.2 Å². The molecule has 4 heteroatoms. The molecule has 0 aliphatic heterocycles. The van der Waals surface area contributed by atoms with E-state index in [4.69, 9.17) is 9.84 Å². The predicted octanol–water partition coefficient (Wildman–Crippen LogP) is 3.88. The number of carboxylic acids is 1. The zero-order chi connectivity index (χ0) is 14.4. The maximum Gasteiger partial charge on any atom is 0.330 e. The van der Waals surface area contributed by atoms with Gasteiger partial charge >= 0.3 is 5.97 Å². The van der Waals surface area contributed by atoms with Gasteiger partial charge in [0.1, 0.15) is 11.5 Å². The monoisotopic (exact) mass is 269 g/mol. The summed E-state index contributed by atoms with van der Waals surface area (Å²) in [5.41, 5.74) is 1.37. The third-order valence-electron chi connectivity index (χ3n) is 2.51. The lowest BCUT2D eigenvalue weighted by Crippen LogP contribution is -1.99. The number of hydrogen-bond acceptors (Lipinski definition) is 3. The number of allylic oxidation sites excluding steroid dienone is 1. The minimum atomic E-state index is -0.973. The van der Waals surface area contributed by atoms with Gasteiger partial charge in [-0.1, -0.05) is 18.2 Å². The maximum absolute atomic E-state index is 10.5. The van der Waals surface area contributed by atoms with Gasteiger partial charge in [-0.25, -0.2) is 4.79 Å². The summed E-state index contributed by atoms with van der Waals surface area (Å²) in [6.07, 6.45) is 1.12. The van der Waals surface area contributed by atoms with Crippen molar-refractivity contribution in [2.24, 2.45) is 0 Å². The first-order valence-electron chi connectivity index (χ1n) is 6.15. The Bertz CT molecular complexity index is 603. The number of benzene rings is 2. The Morgan fingerprint density at radius 3 is 2.25 bits per heavy atom. The number of anilines is 1. The van der Waals surface area contributed by atoms with E-state index in [0.717, 1.165) is 23.3 Å². The van der Waals surface area contributed by atoms with Crippen LogP contribution in [0.1, 0.15) is 6.92 Å². The van der Waals surface area contributed by atoms with Crippen molar-refractivity contribution < 1.29 is 14.6 Å². The van der Waals surface area contributed by atoms with Gasteiger partial charge in [0.2, 0.25) is 0 Å². The van der Waals surface area contributed by atoms with E-state index in [0.29, 0.717) is 5.70 Å². The smallest absolute Gasteiger partial charge is 0.330 e. The predicted molar refractivity (Wildman–Crippen MR) is 78.0 cm³/mol. The topological polar surface area (TPSA) is 58.6 Å². The highest BCUT2D eigenvalue weighted by Gasteiger charge is 1.99. The lowest BCUT2D eigenvalue weighted by atomic mass is 10.3. The van der Waals surface area contributed by atoms with Crippen molar-refractivity contribution in [2.45, 2.75) is 6.92 Å². The van der Waals surface area contributed by atoms with E-state index in [-0.39, 0.29) is 0 Å². The normalized spacial score (nSPS) is 10.9. The first kappa shape index (κ1) is 13.7. The van der Waals surface area contributed by atoms with E-state index in [1.807, 2.05) is 54.6 Å². The van der Waals surface area contributed by atoms with E-state index in [2.05, 4.69) is 5.32 Å². The van der Waals surface area contributed by atoms with Crippen LogP contribution in [0.15, 0.2) is 66.4 Å². The fourth-order valence-electron chi connectivity index (χ4n) is 1.68. The van der Waals surface area contributed by atoms with Gasteiger partial charge in [0.15, 0.2) is 0 Å². The highest BCUT2D eigenvalue weighted by Crippen LogP contribution is 2.23. The van der Waals surface area contributed by atoms with Crippen LogP contribution < -0.4 is 10.1 Å². The summed E-state index contributed by atoms with van der Waals surface area (Å²) in [5, 5.41) is 11.6. The highest BCUT2D eigenvalue weighted by atomic mass is 16.5. The van der Waals surface area contributed by atoms with E-state index in [1.165, 1.54) is 0 Å². The van der Waals surface area contributed by atoms with Gasteiger partial charge in [0, 0.05) is 17.5 Å². The summed E-state index contributed by atoms with van der Waals surface area (Å²) in [6, 6.07) is 16.8. The molecule has 102 valence electrons. The Balaban J connectivity index is 2.01. The Labute approximate surface area is 117 Å².